The quantitative estimate of drug-likeness (QED) is 0.292. The lowest BCUT2D eigenvalue weighted by Gasteiger charge is -2.26. The lowest BCUT2D eigenvalue weighted by atomic mass is 9.90. The van der Waals surface area contributed by atoms with Gasteiger partial charge in [-0.2, -0.15) is 0 Å². The topological polar surface area (TPSA) is 113 Å². The molecule has 0 aliphatic rings. The van der Waals surface area contributed by atoms with E-state index in [1.54, 1.807) is 6.92 Å². The van der Waals surface area contributed by atoms with Crippen LogP contribution in [0.5, 0.6) is 0 Å². The van der Waals surface area contributed by atoms with Crippen LogP contribution in [-0.4, -0.2) is 50.3 Å². The molecule has 0 spiro atoms. The zero-order valence-corrected chi connectivity index (χ0v) is 9.25. The summed E-state index contributed by atoms with van der Waals surface area (Å²) in [7, 11) is 0. The van der Waals surface area contributed by atoms with Gasteiger partial charge in [0.2, 0.25) is 5.91 Å². The van der Waals surface area contributed by atoms with Crippen molar-refractivity contribution in [3.63, 3.8) is 0 Å². The molecule has 0 bridgehead atoms. The molecule has 6 nitrogen and oxygen atoms in total. The van der Waals surface area contributed by atoms with E-state index in [1.807, 2.05) is 0 Å². The van der Waals surface area contributed by atoms with Gasteiger partial charge >= 0.3 is 0 Å². The van der Waals surface area contributed by atoms with Gasteiger partial charge < -0.3 is 27.2 Å². The maximum absolute atomic E-state index is 11.7. The van der Waals surface area contributed by atoms with E-state index in [1.165, 1.54) is 0 Å². The Morgan fingerprint density at radius 3 is 2.40 bits per heavy atom. The van der Waals surface area contributed by atoms with Crippen LogP contribution in [0.2, 0.25) is 0 Å². The van der Waals surface area contributed by atoms with Crippen LogP contribution in [0.3, 0.4) is 0 Å². The summed E-state index contributed by atoms with van der Waals surface area (Å²) in [5.74, 6) is -0.194. The highest BCUT2D eigenvalue weighted by molar-refractivity contribution is 5.82. The molecule has 0 radical (unpaired) electrons. The molecule has 0 aliphatic carbocycles. The molecule has 0 heterocycles. The van der Waals surface area contributed by atoms with E-state index >= 15 is 0 Å². The minimum Gasteiger partial charge on any atom is -0.395 e. The normalized spacial score (nSPS) is 14.7. The van der Waals surface area contributed by atoms with Gasteiger partial charge in [0.25, 0.3) is 0 Å². The van der Waals surface area contributed by atoms with E-state index in [9.17, 15) is 9.90 Å². The number of amides is 1. The molecule has 0 saturated carbocycles. The first kappa shape index (κ1) is 14.3. The third-order valence-corrected chi connectivity index (χ3v) is 2.16. The zero-order valence-electron chi connectivity index (χ0n) is 9.25. The number of rotatable bonds is 8. The molecule has 6 heteroatoms. The molecule has 0 aromatic carbocycles. The van der Waals surface area contributed by atoms with Gasteiger partial charge in [-0.1, -0.05) is 0 Å². The SMILES string of the molecule is CC(CO)(CNCCN)C(=O)NCCN. The predicted octanol–water partition coefficient (Wildman–Crippen LogP) is -2.39. The van der Waals surface area contributed by atoms with Gasteiger partial charge in [-0.3, -0.25) is 4.79 Å². The van der Waals surface area contributed by atoms with Crippen LogP contribution in [0, 0.1) is 5.41 Å². The summed E-state index contributed by atoms with van der Waals surface area (Å²) >= 11 is 0. The van der Waals surface area contributed by atoms with Crippen LogP contribution in [0.15, 0.2) is 0 Å². The van der Waals surface area contributed by atoms with E-state index in [2.05, 4.69) is 10.6 Å². The van der Waals surface area contributed by atoms with Gasteiger partial charge in [-0.05, 0) is 6.92 Å². The average molecular weight is 218 g/mol. The van der Waals surface area contributed by atoms with Crippen molar-refractivity contribution in [3.05, 3.63) is 0 Å². The van der Waals surface area contributed by atoms with E-state index in [4.69, 9.17) is 11.5 Å². The minimum absolute atomic E-state index is 0.194. The van der Waals surface area contributed by atoms with Crippen LogP contribution >= 0.6 is 0 Å². The number of carbonyl (C=O) groups excluding carboxylic acids is 1. The summed E-state index contributed by atoms with van der Waals surface area (Å²) in [6, 6.07) is 0. The van der Waals surface area contributed by atoms with Gasteiger partial charge in [0, 0.05) is 32.7 Å². The maximum Gasteiger partial charge on any atom is 0.229 e. The van der Waals surface area contributed by atoms with Crippen molar-refractivity contribution >= 4 is 5.91 Å². The van der Waals surface area contributed by atoms with Crippen LogP contribution < -0.4 is 22.1 Å². The summed E-state index contributed by atoms with van der Waals surface area (Å²) < 4.78 is 0. The number of aliphatic hydroxyl groups is 1. The van der Waals surface area contributed by atoms with Gasteiger partial charge in [0.05, 0.1) is 12.0 Å². The highest BCUT2D eigenvalue weighted by Gasteiger charge is 2.31. The van der Waals surface area contributed by atoms with Crippen molar-refractivity contribution in [2.24, 2.45) is 16.9 Å². The Bertz CT molecular complexity index is 189. The van der Waals surface area contributed by atoms with Crippen LogP contribution in [0.4, 0.5) is 0 Å². The minimum atomic E-state index is -0.815. The van der Waals surface area contributed by atoms with Crippen molar-refractivity contribution in [2.45, 2.75) is 6.92 Å². The lowest BCUT2D eigenvalue weighted by Crippen LogP contribution is -2.49. The molecule has 7 N–H and O–H groups in total. The molecule has 0 aromatic heterocycles. The van der Waals surface area contributed by atoms with Crippen LogP contribution in [0.25, 0.3) is 0 Å². The molecular formula is C9H22N4O2. The van der Waals surface area contributed by atoms with Crippen molar-refractivity contribution < 1.29 is 9.90 Å². The Morgan fingerprint density at radius 1 is 1.33 bits per heavy atom. The Morgan fingerprint density at radius 2 is 1.93 bits per heavy atom. The standard InChI is InChI=1S/C9H22N4O2/c1-9(7-14,6-12-4-2-10)8(15)13-5-3-11/h12,14H,2-7,10-11H2,1H3,(H,13,15). The Kier molecular flexibility index (Phi) is 7.23. The smallest absolute Gasteiger partial charge is 0.229 e. The molecule has 0 saturated heterocycles. The van der Waals surface area contributed by atoms with E-state index in [-0.39, 0.29) is 12.5 Å². The van der Waals surface area contributed by atoms with Crippen LogP contribution in [-0.2, 0) is 4.79 Å². The van der Waals surface area contributed by atoms with Gasteiger partial charge in [0.1, 0.15) is 0 Å². The molecule has 0 fully saturated rings. The lowest BCUT2D eigenvalue weighted by molar-refractivity contribution is -0.132. The summed E-state index contributed by atoms with van der Waals surface area (Å²) in [5.41, 5.74) is 9.77. The highest BCUT2D eigenvalue weighted by atomic mass is 16.3. The molecule has 1 atom stereocenters. The van der Waals surface area contributed by atoms with E-state index < -0.39 is 5.41 Å². The Balaban J connectivity index is 4.08. The average Bonchev–Trinajstić information content (AvgIpc) is 2.25. The number of hydrogen-bond donors (Lipinski definition) is 5. The van der Waals surface area contributed by atoms with E-state index in [0.717, 1.165) is 0 Å². The maximum atomic E-state index is 11.7. The summed E-state index contributed by atoms with van der Waals surface area (Å²) in [6.45, 7) is 3.83. The number of aliphatic hydroxyl groups excluding tert-OH is 1. The fourth-order valence-corrected chi connectivity index (χ4v) is 1.07. The molecule has 15 heavy (non-hydrogen) atoms. The first-order valence-electron chi connectivity index (χ1n) is 5.10. The third-order valence-electron chi connectivity index (χ3n) is 2.16. The number of nitrogens with two attached hydrogens (primary N) is 2. The van der Waals surface area contributed by atoms with Crippen molar-refractivity contribution in [2.75, 3.05) is 39.3 Å². The molecule has 0 aliphatic heterocycles. The summed E-state index contributed by atoms with van der Waals surface area (Å²) in [4.78, 5) is 11.7. The molecule has 0 rings (SSSR count). The molecule has 1 amide bonds. The number of nitrogens with one attached hydrogen (secondary N) is 2. The monoisotopic (exact) mass is 218 g/mol. The van der Waals surface area contributed by atoms with Gasteiger partial charge in [-0.15, -0.1) is 0 Å². The van der Waals surface area contributed by atoms with Gasteiger partial charge in [0.15, 0.2) is 0 Å². The second kappa shape index (κ2) is 7.58. The molecular weight excluding hydrogens is 196 g/mol. The Labute approximate surface area is 90.4 Å². The predicted molar refractivity (Wildman–Crippen MR) is 59.2 cm³/mol. The number of carbonyl (C=O) groups is 1. The third kappa shape index (κ3) is 5.08. The van der Waals surface area contributed by atoms with Crippen LogP contribution in [0.1, 0.15) is 6.92 Å². The first-order valence-corrected chi connectivity index (χ1v) is 5.10. The second-order valence-corrected chi connectivity index (χ2v) is 3.73. The molecule has 1 unspecified atom stereocenters. The molecule has 90 valence electrons. The summed E-state index contributed by atoms with van der Waals surface area (Å²) in [6.07, 6.45) is 0. The fraction of sp³-hybridized carbons (Fsp3) is 0.889. The highest BCUT2D eigenvalue weighted by Crippen LogP contribution is 2.13. The fourth-order valence-electron chi connectivity index (χ4n) is 1.07. The van der Waals surface area contributed by atoms with Crippen molar-refractivity contribution in [1.82, 2.24) is 10.6 Å². The number of hydrogen-bond acceptors (Lipinski definition) is 5. The Hall–Kier alpha value is -0.690. The van der Waals surface area contributed by atoms with Crippen molar-refractivity contribution in [1.29, 1.82) is 0 Å². The zero-order chi connectivity index (χ0) is 11.7. The first-order chi connectivity index (χ1) is 7.10. The largest absolute Gasteiger partial charge is 0.395 e. The summed E-state index contributed by atoms with van der Waals surface area (Å²) in [5, 5.41) is 14.9. The molecule has 0 aromatic rings. The van der Waals surface area contributed by atoms with E-state index in [0.29, 0.717) is 32.7 Å². The van der Waals surface area contributed by atoms with Gasteiger partial charge in [-0.25, -0.2) is 0 Å². The van der Waals surface area contributed by atoms with Crippen molar-refractivity contribution in [3.8, 4) is 0 Å². The second-order valence-electron chi connectivity index (χ2n) is 3.73.